The molecule has 0 radical (unpaired) electrons. The third-order valence-corrected chi connectivity index (χ3v) is 7.33. The normalized spacial score (nSPS) is 22.4. The largest absolute Gasteiger partial charge is 0.405 e. The highest BCUT2D eigenvalue weighted by molar-refractivity contribution is 7.21. The van der Waals surface area contributed by atoms with Gasteiger partial charge in [-0.05, 0) is 32.3 Å². The Balaban J connectivity index is 1.80. The van der Waals surface area contributed by atoms with Crippen LogP contribution in [0.15, 0.2) is 6.07 Å². The van der Waals surface area contributed by atoms with Crippen molar-refractivity contribution in [3.05, 3.63) is 23.1 Å². The summed E-state index contributed by atoms with van der Waals surface area (Å²) in [6.07, 6.45) is -5.11. The van der Waals surface area contributed by atoms with E-state index in [1.165, 1.54) is 11.3 Å². The number of aromatic nitrogens is 4. The summed E-state index contributed by atoms with van der Waals surface area (Å²) in [6, 6.07) is 1.29. The lowest BCUT2D eigenvalue weighted by atomic mass is 10.1. The quantitative estimate of drug-likeness (QED) is 0.300. The molecule has 4 atom stereocenters. The zero-order valence-corrected chi connectivity index (χ0v) is 20.9. The van der Waals surface area contributed by atoms with Gasteiger partial charge in [0.05, 0.1) is 33.8 Å². The number of pyridine rings is 1. The average molecular weight is 527 g/mol. The van der Waals surface area contributed by atoms with Crippen molar-refractivity contribution >= 4 is 33.3 Å². The maximum atomic E-state index is 12.8. The van der Waals surface area contributed by atoms with Crippen molar-refractivity contribution < 1.29 is 28.5 Å². The van der Waals surface area contributed by atoms with E-state index in [1.54, 1.807) is 6.92 Å². The Labute approximate surface area is 209 Å². The molecule has 3 aromatic rings. The minimum absolute atomic E-state index is 0.183. The van der Waals surface area contributed by atoms with Crippen LogP contribution >= 0.6 is 11.3 Å². The minimum atomic E-state index is -4.46. The number of aryl methyl sites for hydroxylation is 3. The van der Waals surface area contributed by atoms with Gasteiger partial charge in [-0.25, -0.2) is 9.97 Å². The zero-order chi connectivity index (χ0) is 26.2. The van der Waals surface area contributed by atoms with Crippen LogP contribution in [0.5, 0.6) is 0 Å². The van der Waals surface area contributed by atoms with Gasteiger partial charge in [-0.3, -0.25) is 4.98 Å². The third-order valence-electron chi connectivity index (χ3n) is 6.31. The molecule has 0 spiro atoms. The van der Waals surface area contributed by atoms with Gasteiger partial charge < -0.3 is 26.0 Å². The van der Waals surface area contributed by atoms with E-state index in [0.717, 1.165) is 28.0 Å². The van der Waals surface area contributed by atoms with E-state index >= 15 is 0 Å². The lowest BCUT2D eigenvalue weighted by Gasteiger charge is -2.21. The Morgan fingerprint density at radius 3 is 2.44 bits per heavy atom. The smallest absolute Gasteiger partial charge is 0.396 e. The molecule has 36 heavy (non-hydrogen) atoms. The lowest BCUT2D eigenvalue weighted by Crippen LogP contribution is -2.36. The van der Waals surface area contributed by atoms with E-state index in [1.807, 2.05) is 19.9 Å². The second-order valence-corrected chi connectivity index (χ2v) is 9.90. The Kier molecular flexibility index (Phi) is 7.64. The number of halogens is 3. The minimum Gasteiger partial charge on any atom is -0.396 e. The summed E-state index contributed by atoms with van der Waals surface area (Å²) in [5, 5.41) is 36.1. The molecule has 196 valence electrons. The van der Waals surface area contributed by atoms with Crippen LogP contribution in [-0.2, 0) is 12.8 Å². The summed E-state index contributed by atoms with van der Waals surface area (Å²) in [5.74, 6) is -0.587. The van der Waals surface area contributed by atoms with Crippen LogP contribution in [0.2, 0.25) is 0 Å². The number of nitrogens with one attached hydrogen (secondary N) is 2. The number of rotatable bonds is 8. The Bertz CT molecular complexity index is 1240. The van der Waals surface area contributed by atoms with Crippen molar-refractivity contribution in [3.63, 3.8) is 0 Å². The Morgan fingerprint density at radius 2 is 1.83 bits per heavy atom. The lowest BCUT2D eigenvalue weighted by molar-refractivity contribution is -0.115. The highest BCUT2D eigenvalue weighted by Gasteiger charge is 2.41. The molecule has 13 heteroatoms. The van der Waals surface area contributed by atoms with E-state index in [2.05, 4.69) is 25.6 Å². The summed E-state index contributed by atoms with van der Waals surface area (Å²) in [4.78, 5) is 18.0. The van der Waals surface area contributed by atoms with Crippen molar-refractivity contribution in [2.75, 3.05) is 23.8 Å². The molecular weight excluding hydrogens is 497 g/mol. The molecule has 0 aromatic carbocycles. The molecule has 1 unspecified atom stereocenters. The van der Waals surface area contributed by atoms with Crippen molar-refractivity contribution in [1.29, 1.82) is 0 Å². The van der Waals surface area contributed by atoms with Gasteiger partial charge in [0, 0.05) is 18.2 Å². The first-order valence-electron chi connectivity index (χ1n) is 11.8. The predicted octanol–water partition coefficient (Wildman–Crippen LogP) is 3.07. The zero-order valence-electron chi connectivity index (χ0n) is 20.1. The van der Waals surface area contributed by atoms with Gasteiger partial charge in [0.25, 0.3) is 0 Å². The summed E-state index contributed by atoms with van der Waals surface area (Å²) >= 11 is 1.40. The number of fused-ring (bicyclic) bond motifs is 1. The second kappa shape index (κ2) is 10.4. The number of nitrogens with zero attached hydrogens (tertiary/aromatic N) is 4. The van der Waals surface area contributed by atoms with Crippen LogP contribution in [-0.4, -0.2) is 72.8 Å². The molecule has 5 N–H and O–H groups in total. The maximum absolute atomic E-state index is 12.8. The fourth-order valence-corrected chi connectivity index (χ4v) is 5.54. The van der Waals surface area contributed by atoms with E-state index in [9.17, 15) is 28.5 Å². The predicted molar refractivity (Wildman–Crippen MR) is 131 cm³/mol. The Morgan fingerprint density at radius 1 is 1.08 bits per heavy atom. The standard InChI is InChI=1S/C23H29F3N6O3S/c1-4-12-7-15-17(13(5-2)29-12)31-21(36-15)16-10(3)28-22(27-9-23(24,25)26)32-20(16)30-14-6-11(8-33)18(34)19(14)35/h7,11,14,18-19,33-35H,4-6,8-9H2,1-3H3,(H2,27,28,30,32)/t11-,14?,18-,19+/m1/s1. The molecular formula is C23H29F3N6O3S. The SMILES string of the molecule is CCc1cc2sc(-c3c(C)nc(NCC(F)(F)F)nc3NC3C[C@H](CO)[C@@H](O)[C@H]3O)nc2c(CC)n1. The highest BCUT2D eigenvalue weighted by Crippen LogP contribution is 2.39. The van der Waals surface area contributed by atoms with Crippen LogP contribution in [0.1, 0.15) is 37.4 Å². The molecule has 1 aliphatic carbocycles. The fraction of sp³-hybridized carbons (Fsp3) is 0.565. The molecule has 3 aromatic heterocycles. The van der Waals surface area contributed by atoms with Crippen molar-refractivity contribution in [2.24, 2.45) is 5.92 Å². The molecule has 3 heterocycles. The highest BCUT2D eigenvalue weighted by atomic mass is 32.1. The van der Waals surface area contributed by atoms with Crippen LogP contribution < -0.4 is 10.6 Å². The van der Waals surface area contributed by atoms with Crippen LogP contribution in [0, 0.1) is 12.8 Å². The number of hydrogen-bond acceptors (Lipinski definition) is 10. The summed E-state index contributed by atoms with van der Waals surface area (Å²) in [5.41, 5.74) is 3.41. The first kappa shape index (κ1) is 26.5. The van der Waals surface area contributed by atoms with Gasteiger partial charge in [-0.2, -0.15) is 18.2 Å². The monoisotopic (exact) mass is 526 g/mol. The molecule has 0 amide bonds. The average Bonchev–Trinajstić information content (AvgIpc) is 3.37. The summed E-state index contributed by atoms with van der Waals surface area (Å²) < 4.78 is 39.4. The van der Waals surface area contributed by atoms with E-state index in [4.69, 9.17) is 4.98 Å². The van der Waals surface area contributed by atoms with Crippen LogP contribution in [0.3, 0.4) is 0 Å². The van der Waals surface area contributed by atoms with Gasteiger partial charge in [0.2, 0.25) is 5.95 Å². The molecule has 1 aliphatic rings. The van der Waals surface area contributed by atoms with Gasteiger partial charge in [-0.1, -0.05) is 13.8 Å². The molecule has 1 fully saturated rings. The topological polar surface area (TPSA) is 136 Å². The summed E-state index contributed by atoms with van der Waals surface area (Å²) in [7, 11) is 0. The number of thiazole rings is 1. The van der Waals surface area contributed by atoms with Gasteiger partial charge >= 0.3 is 6.18 Å². The molecule has 1 saturated carbocycles. The molecule has 0 aliphatic heterocycles. The molecule has 4 rings (SSSR count). The number of anilines is 2. The Hall–Kier alpha value is -2.61. The van der Waals surface area contributed by atoms with Crippen molar-refractivity contribution in [2.45, 2.75) is 64.5 Å². The van der Waals surface area contributed by atoms with Gasteiger partial charge in [0.1, 0.15) is 29.0 Å². The number of hydrogen-bond donors (Lipinski definition) is 5. The third kappa shape index (κ3) is 5.38. The van der Waals surface area contributed by atoms with Crippen molar-refractivity contribution in [3.8, 4) is 10.6 Å². The van der Waals surface area contributed by atoms with Crippen molar-refractivity contribution in [1.82, 2.24) is 19.9 Å². The molecule has 9 nitrogen and oxygen atoms in total. The van der Waals surface area contributed by atoms with Gasteiger partial charge in [-0.15, -0.1) is 11.3 Å². The number of aliphatic hydroxyl groups excluding tert-OH is 3. The van der Waals surface area contributed by atoms with E-state index < -0.39 is 36.9 Å². The maximum Gasteiger partial charge on any atom is 0.405 e. The molecule has 0 bridgehead atoms. The number of alkyl halides is 3. The van der Waals surface area contributed by atoms with E-state index in [-0.39, 0.29) is 24.8 Å². The molecule has 0 saturated heterocycles. The first-order valence-corrected chi connectivity index (χ1v) is 12.6. The number of aliphatic hydroxyl groups is 3. The van der Waals surface area contributed by atoms with Crippen LogP contribution in [0.4, 0.5) is 24.9 Å². The first-order chi connectivity index (χ1) is 17.0. The van der Waals surface area contributed by atoms with Crippen LogP contribution in [0.25, 0.3) is 20.8 Å². The van der Waals surface area contributed by atoms with Gasteiger partial charge in [0.15, 0.2) is 0 Å². The van der Waals surface area contributed by atoms with E-state index in [0.29, 0.717) is 22.7 Å². The fourth-order valence-electron chi connectivity index (χ4n) is 4.40. The second-order valence-electron chi connectivity index (χ2n) is 8.87. The summed E-state index contributed by atoms with van der Waals surface area (Å²) in [6.45, 7) is 4.04.